The van der Waals surface area contributed by atoms with Crippen LogP contribution >= 0.6 is 0 Å². The molecule has 0 aromatic rings. The summed E-state index contributed by atoms with van der Waals surface area (Å²) in [7, 11) is 0. The van der Waals surface area contributed by atoms with Gasteiger partial charge in [0.2, 0.25) is 17.7 Å². The van der Waals surface area contributed by atoms with Crippen LogP contribution in [0.5, 0.6) is 0 Å². The SMILES string of the molecule is CC(C)CC(NC(=O)C(N)CCCN=C(N)N)C(=O)NC(C(=O)NC(C(=O)O)C(C)O)C(C)C. The van der Waals surface area contributed by atoms with E-state index < -0.39 is 59.9 Å². The van der Waals surface area contributed by atoms with Gasteiger partial charge in [-0.3, -0.25) is 19.4 Å². The van der Waals surface area contributed by atoms with Crippen molar-refractivity contribution in [1.82, 2.24) is 16.0 Å². The van der Waals surface area contributed by atoms with Crippen LogP contribution < -0.4 is 33.2 Å². The van der Waals surface area contributed by atoms with Crippen LogP contribution in [0, 0.1) is 11.8 Å². The lowest BCUT2D eigenvalue weighted by molar-refractivity contribution is -0.145. The molecule has 13 nitrogen and oxygen atoms in total. The van der Waals surface area contributed by atoms with Crippen molar-refractivity contribution in [2.24, 2.45) is 34.0 Å². The van der Waals surface area contributed by atoms with Crippen LogP contribution in [0.2, 0.25) is 0 Å². The first-order valence-electron chi connectivity index (χ1n) is 11.3. The van der Waals surface area contributed by atoms with E-state index in [2.05, 4.69) is 20.9 Å². The largest absolute Gasteiger partial charge is 0.480 e. The molecule has 34 heavy (non-hydrogen) atoms. The van der Waals surface area contributed by atoms with Gasteiger partial charge in [-0.05, 0) is 38.0 Å². The number of guanidine groups is 1. The predicted octanol–water partition coefficient (Wildman–Crippen LogP) is -2.01. The Bertz CT molecular complexity index is 722. The third-order valence-electron chi connectivity index (χ3n) is 4.94. The molecule has 13 heteroatoms. The number of aliphatic imine (C=N–C) groups is 1. The first kappa shape index (κ1) is 31.1. The highest BCUT2D eigenvalue weighted by Crippen LogP contribution is 2.09. The number of amides is 3. The zero-order valence-electron chi connectivity index (χ0n) is 20.6. The maximum Gasteiger partial charge on any atom is 0.328 e. The van der Waals surface area contributed by atoms with E-state index in [1.54, 1.807) is 13.8 Å². The molecule has 0 saturated heterocycles. The second-order valence-electron chi connectivity index (χ2n) is 9.04. The van der Waals surface area contributed by atoms with Crippen molar-refractivity contribution in [2.45, 2.75) is 84.2 Å². The Balaban J connectivity index is 5.31. The minimum atomic E-state index is -1.53. The van der Waals surface area contributed by atoms with E-state index >= 15 is 0 Å². The fourth-order valence-electron chi connectivity index (χ4n) is 3.05. The highest BCUT2D eigenvalue weighted by atomic mass is 16.4. The molecule has 3 amide bonds. The Kier molecular flexibility index (Phi) is 13.8. The summed E-state index contributed by atoms with van der Waals surface area (Å²) in [5, 5.41) is 26.3. The number of aliphatic carboxylic acids is 1. The lowest BCUT2D eigenvalue weighted by Gasteiger charge is -2.28. The van der Waals surface area contributed by atoms with Gasteiger partial charge in [-0.15, -0.1) is 0 Å². The molecule has 0 bridgehead atoms. The van der Waals surface area contributed by atoms with Crippen molar-refractivity contribution in [3.05, 3.63) is 0 Å². The molecule has 0 aromatic carbocycles. The number of nitrogens with two attached hydrogens (primary N) is 3. The zero-order valence-corrected chi connectivity index (χ0v) is 20.6. The summed E-state index contributed by atoms with van der Waals surface area (Å²) in [6.07, 6.45) is -0.287. The monoisotopic (exact) mass is 487 g/mol. The number of rotatable bonds is 15. The predicted molar refractivity (Wildman–Crippen MR) is 127 cm³/mol. The van der Waals surface area contributed by atoms with E-state index in [-0.39, 0.29) is 18.3 Å². The lowest BCUT2D eigenvalue weighted by Crippen LogP contribution is -2.59. The van der Waals surface area contributed by atoms with Gasteiger partial charge in [-0.2, -0.15) is 0 Å². The highest BCUT2D eigenvalue weighted by molar-refractivity contribution is 5.94. The quantitative estimate of drug-likeness (QED) is 0.0722. The molecule has 5 atom stereocenters. The highest BCUT2D eigenvalue weighted by Gasteiger charge is 2.33. The average Bonchev–Trinajstić information content (AvgIpc) is 2.70. The van der Waals surface area contributed by atoms with Gasteiger partial charge in [-0.25, -0.2) is 4.79 Å². The number of hydrogen-bond donors (Lipinski definition) is 8. The normalized spacial score (nSPS) is 15.6. The minimum Gasteiger partial charge on any atom is -0.480 e. The van der Waals surface area contributed by atoms with Crippen LogP contribution in [0.3, 0.4) is 0 Å². The molecule has 0 saturated carbocycles. The molecule has 0 fully saturated rings. The van der Waals surface area contributed by atoms with Crippen LogP contribution in [0.25, 0.3) is 0 Å². The van der Waals surface area contributed by atoms with Crippen molar-refractivity contribution in [3.8, 4) is 0 Å². The zero-order chi connectivity index (χ0) is 26.6. The smallest absolute Gasteiger partial charge is 0.328 e. The number of carboxylic acid groups (broad SMARTS) is 1. The van der Waals surface area contributed by atoms with Crippen LogP contribution in [0.15, 0.2) is 4.99 Å². The Labute approximate surface area is 200 Å². The van der Waals surface area contributed by atoms with E-state index in [4.69, 9.17) is 17.2 Å². The third kappa shape index (κ3) is 11.8. The summed E-state index contributed by atoms with van der Waals surface area (Å²) in [4.78, 5) is 53.3. The number of aliphatic hydroxyl groups excluding tert-OH is 1. The summed E-state index contributed by atoms with van der Waals surface area (Å²) in [5.41, 5.74) is 16.4. The average molecular weight is 488 g/mol. The minimum absolute atomic E-state index is 0.0343. The summed E-state index contributed by atoms with van der Waals surface area (Å²) < 4.78 is 0. The van der Waals surface area contributed by atoms with Crippen LogP contribution in [0.1, 0.15) is 53.9 Å². The summed E-state index contributed by atoms with van der Waals surface area (Å²) in [6.45, 7) is 8.63. The number of nitrogens with one attached hydrogen (secondary N) is 3. The Morgan fingerprint density at radius 1 is 0.882 bits per heavy atom. The van der Waals surface area contributed by atoms with Gasteiger partial charge in [0.25, 0.3) is 0 Å². The molecule has 5 unspecified atom stereocenters. The maximum absolute atomic E-state index is 13.0. The van der Waals surface area contributed by atoms with E-state index in [0.717, 1.165) is 0 Å². The second-order valence-corrected chi connectivity index (χ2v) is 9.04. The van der Waals surface area contributed by atoms with E-state index in [1.165, 1.54) is 6.92 Å². The third-order valence-corrected chi connectivity index (χ3v) is 4.94. The first-order valence-corrected chi connectivity index (χ1v) is 11.3. The van der Waals surface area contributed by atoms with Gasteiger partial charge in [0, 0.05) is 6.54 Å². The molecular weight excluding hydrogens is 446 g/mol. The number of carbonyl (C=O) groups excluding carboxylic acids is 3. The molecule has 0 rings (SSSR count). The summed E-state index contributed by atoms with van der Waals surface area (Å²) in [6, 6.07) is -4.47. The number of aliphatic hydroxyl groups is 1. The Hall–Kier alpha value is -2.93. The molecule has 11 N–H and O–H groups in total. The molecule has 0 aliphatic carbocycles. The van der Waals surface area contributed by atoms with E-state index in [1.807, 2.05) is 13.8 Å². The van der Waals surface area contributed by atoms with Crippen molar-refractivity contribution < 1.29 is 29.4 Å². The molecule has 196 valence electrons. The Morgan fingerprint density at radius 2 is 1.44 bits per heavy atom. The van der Waals surface area contributed by atoms with Gasteiger partial charge in [0.15, 0.2) is 12.0 Å². The van der Waals surface area contributed by atoms with Gasteiger partial charge in [0.05, 0.1) is 12.1 Å². The number of nitrogens with zero attached hydrogens (tertiary/aromatic N) is 1. The number of hydrogen-bond acceptors (Lipinski definition) is 7. The first-order chi connectivity index (χ1) is 15.7. The lowest BCUT2D eigenvalue weighted by atomic mass is 9.99. The molecule has 0 aliphatic heterocycles. The molecular formula is C21H41N7O6. The van der Waals surface area contributed by atoms with Crippen LogP contribution in [-0.4, -0.2) is 76.7 Å². The van der Waals surface area contributed by atoms with Crippen LogP contribution in [0.4, 0.5) is 0 Å². The molecule has 0 spiro atoms. The van der Waals surface area contributed by atoms with Crippen molar-refractivity contribution in [2.75, 3.05) is 6.54 Å². The van der Waals surface area contributed by atoms with Gasteiger partial charge >= 0.3 is 5.97 Å². The Morgan fingerprint density at radius 3 is 1.88 bits per heavy atom. The summed E-state index contributed by atoms with van der Waals surface area (Å²) >= 11 is 0. The van der Waals surface area contributed by atoms with Gasteiger partial charge < -0.3 is 43.4 Å². The topological polar surface area (TPSA) is 235 Å². The van der Waals surface area contributed by atoms with Gasteiger partial charge in [-0.1, -0.05) is 27.7 Å². The van der Waals surface area contributed by atoms with Crippen molar-refractivity contribution in [1.29, 1.82) is 0 Å². The maximum atomic E-state index is 13.0. The second kappa shape index (κ2) is 15.1. The molecule has 0 heterocycles. The number of carbonyl (C=O) groups is 4. The van der Waals surface area contributed by atoms with Crippen LogP contribution in [-0.2, 0) is 19.2 Å². The van der Waals surface area contributed by atoms with Crippen molar-refractivity contribution in [3.63, 3.8) is 0 Å². The van der Waals surface area contributed by atoms with Gasteiger partial charge in [0.1, 0.15) is 12.1 Å². The fraction of sp³-hybridized carbons (Fsp3) is 0.762. The van der Waals surface area contributed by atoms with Crippen molar-refractivity contribution >= 4 is 29.7 Å². The van der Waals surface area contributed by atoms with E-state index in [9.17, 15) is 29.4 Å². The fourth-order valence-corrected chi connectivity index (χ4v) is 3.05. The molecule has 0 aromatic heterocycles. The molecule has 0 aliphatic rings. The molecule has 0 radical (unpaired) electrons. The summed E-state index contributed by atoms with van der Waals surface area (Å²) in [5.74, 6) is -3.73. The number of carboxylic acids is 1. The van der Waals surface area contributed by atoms with E-state index in [0.29, 0.717) is 19.4 Å². The standard InChI is InChI=1S/C21H41N7O6/c1-10(2)9-14(26-17(30)13(22)7-6-8-25-21(23)24)18(31)27-15(11(3)4)19(32)28-16(12(5)29)20(33)34/h10-16,29H,6-9,22H2,1-5H3,(H,26,30)(H,27,31)(H,28,32)(H,33,34)(H4,23,24,25).